The predicted octanol–water partition coefficient (Wildman–Crippen LogP) is 1.73. The molecule has 1 saturated heterocycles. The number of piperidine rings is 1. The minimum Gasteiger partial charge on any atom is -0.380 e. The van der Waals surface area contributed by atoms with Gasteiger partial charge in [0.05, 0.1) is 6.61 Å². The third-order valence-corrected chi connectivity index (χ3v) is 2.93. The second-order valence-corrected chi connectivity index (χ2v) is 5.12. The zero-order chi connectivity index (χ0) is 11.6. The number of likely N-dealkylation sites (tertiary alicyclic amines) is 1. The average molecular weight is 228 g/mol. The van der Waals surface area contributed by atoms with E-state index in [9.17, 15) is 0 Å². The van der Waals surface area contributed by atoms with Crippen LogP contribution in [0.3, 0.4) is 0 Å². The lowest BCUT2D eigenvalue weighted by Gasteiger charge is -2.26. The Morgan fingerprint density at radius 1 is 1.12 bits per heavy atom. The summed E-state index contributed by atoms with van der Waals surface area (Å²) in [7, 11) is 0. The van der Waals surface area contributed by atoms with Crippen LogP contribution < -0.4 is 5.32 Å². The Morgan fingerprint density at radius 3 is 2.56 bits per heavy atom. The highest BCUT2D eigenvalue weighted by Gasteiger charge is 2.08. The molecule has 0 unspecified atom stereocenters. The molecule has 3 nitrogen and oxygen atoms in total. The van der Waals surface area contributed by atoms with Gasteiger partial charge in [0.15, 0.2) is 0 Å². The summed E-state index contributed by atoms with van der Waals surface area (Å²) < 4.78 is 5.51. The summed E-state index contributed by atoms with van der Waals surface area (Å²) in [5, 5.41) is 3.44. The molecule has 0 radical (unpaired) electrons. The highest BCUT2D eigenvalue weighted by Crippen LogP contribution is 2.07. The predicted molar refractivity (Wildman–Crippen MR) is 68.8 cm³/mol. The van der Waals surface area contributed by atoms with Gasteiger partial charge in [-0.2, -0.15) is 0 Å². The van der Waals surface area contributed by atoms with Gasteiger partial charge in [-0.05, 0) is 31.8 Å². The molecule has 0 bridgehead atoms. The zero-order valence-corrected chi connectivity index (χ0v) is 11.0. The van der Waals surface area contributed by atoms with E-state index in [1.54, 1.807) is 0 Å². The Bertz CT molecular complexity index is 156. The molecule has 96 valence electrons. The first-order chi connectivity index (χ1) is 7.79. The number of ether oxygens (including phenoxy) is 1. The second-order valence-electron chi connectivity index (χ2n) is 5.12. The van der Waals surface area contributed by atoms with Crippen molar-refractivity contribution in [2.24, 2.45) is 5.92 Å². The molecule has 0 spiro atoms. The van der Waals surface area contributed by atoms with Gasteiger partial charge in [-0.3, -0.25) is 0 Å². The van der Waals surface area contributed by atoms with Crippen molar-refractivity contribution in [3.63, 3.8) is 0 Å². The van der Waals surface area contributed by atoms with Crippen molar-refractivity contribution in [1.29, 1.82) is 0 Å². The van der Waals surface area contributed by atoms with Gasteiger partial charge >= 0.3 is 0 Å². The lowest BCUT2D eigenvalue weighted by atomic mass is 10.1. The van der Waals surface area contributed by atoms with E-state index in [0.717, 1.165) is 26.3 Å². The van der Waals surface area contributed by atoms with Crippen LogP contribution >= 0.6 is 0 Å². The van der Waals surface area contributed by atoms with E-state index in [2.05, 4.69) is 24.1 Å². The molecule has 0 aromatic rings. The van der Waals surface area contributed by atoms with E-state index < -0.39 is 0 Å². The first-order valence-corrected chi connectivity index (χ1v) is 6.80. The number of hydrogen-bond donors (Lipinski definition) is 1. The van der Waals surface area contributed by atoms with Crippen LogP contribution in [0.4, 0.5) is 0 Å². The lowest BCUT2D eigenvalue weighted by molar-refractivity contribution is 0.111. The SMILES string of the molecule is CC(C)COCCNCCN1CCCCC1. The van der Waals surface area contributed by atoms with E-state index in [4.69, 9.17) is 4.74 Å². The second kappa shape index (κ2) is 8.97. The van der Waals surface area contributed by atoms with Crippen LogP contribution in [0.5, 0.6) is 0 Å². The van der Waals surface area contributed by atoms with E-state index >= 15 is 0 Å². The van der Waals surface area contributed by atoms with E-state index in [-0.39, 0.29) is 0 Å². The molecule has 16 heavy (non-hydrogen) atoms. The smallest absolute Gasteiger partial charge is 0.0591 e. The van der Waals surface area contributed by atoms with Crippen molar-refractivity contribution in [3.05, 3.63) is 0 Å². The van der Waals surface area contributed by atoms with Gasteiger partial charge in [-0.15, -0.1) is 0 Å². The Balaban J connectivity index is 1.80. The third kappa shape index (κ3) is 7.20. The number of rotatable bonds is 8. The molecule has 1 heterocycles. The molecular weight excluding hydrogens is 200 g/mol. The molecule has 1 aliphatic rings. The van der Waals surface area contributed by atoms with Crippen LogP contribution in [0.2, 0.25) is 0 Å². The first-order valence-electron chi connectivity index (χ1n) is 6.80. The highest BCUT2D eigenvalue weighted by molar-refractivity contribution is 4.65. The quantitative estimate of drug-likeness (QED) is 0.640. The Labute approximate surface area is 101 Å². The summed E-state index contributed by atoms with van der Waals surface area (Å²) in [6.45, 7) is 12.0. The zero-order valence-electron chi connectivity index (χ0n) is 11.0. The molecule has 1 rings (SSSR count). The Hall–Kier alpha value is -0.120. The van der Waals surface area contributed by atoms with Crippen molar-refractivity contribution in [3.8, 4) is 0 Å². The standard InChI is InChI=1S/C13H28N2O/c1-13(2)12-16-11-7-14-6-10-15-8-4-3-5-9-15/h13-14H,3-12H2,1-2H3. The molecule has 0 aromatic heterocycles. The van der Waals surface area contributed by atoms with Crippen LogP contribution in [0, 0.1) is 5.92 Å². The van der Waals surface area contributed by atoms with Crippen LogP contribution in [0.15, 0.2) is 0 Å². The van der Waals surface area contributed by atoms with Crippen molar-refractivity contribution in [2.45, 2.75) is 33.1 Å². The van der Waals surface area contributed by atoms with Crippen molar-refractivity contribution in [2.75, 3.05) is 45.9 Å². The Morgan fingerprint density at radius 2 is 1.88 bits per heavy atom. The first kappa shape index (κ1) is 13.9. The van der Waals surface area contributed by atoms with Crippen molar-refractivity contribution < 1.29 is 4.74 Å². The molecule has 1 aliphatic heterocycles. The van der Waals surface area contributed by atoms with Crippen LogP contribution in [0.1, 0.15) is 33.1 Å². The van der Waals surface area contributed by atoms with E-state index in [1.165, 1.54) is 38.9 Å². The number of nitrogens with one attached hydrogen (secondary N) is 1. The fourth-order valence-corrected chi connectivity index (χ4v) is 2.01. The largest absolute Gasteiger partial charge is 0.380 e. The van der Waals surface area contributed by atoms with E-state index in [0.29, 0.717) is 5.92 Å². The normalized spacial score (nSPS) is 18.2. The fraction of sp³-hybridized carbons (Fsp3) is 1.00. The average Bonchev–Trinajstić information content (AvgIpc) is 2.29. The van der Waals surface area contributed by atoms with Crippen molar-refractivity contribution in [1.82, 2.24) is 10.2 Å². The maximum atomic E-state index is 5.51. The molecule has 0 aromatic carbocycles. The van der Waals surface area contributed by atoms with Gasteiger partial charge in [0.2, 0.25) is 0 Å². The molecule has 0 aliphatic carbocycles. The molecule has 1 fully saturated rings. The van der Waals surface area contributed by atoms with Crippen molar-refractivity contribution >= 4 is 0 Å². The lowest BCUT2D eigenvalue weighted by Crippen LogP contribution is -2.36. The fourth-order valence-electron chi connectivity index (χ4n) is 2.01. The number of nitrogens with zero attached hydrogens (tertiary/aromatic N) is 1. The van der Waals surface area contributed by atoms with Crippen LogP contribution in [-0.2, 0) is 4.74 Å². The van der Waals surface area contributed by atoms with E-state index in [1.807, 2.05) is 0 Å². The minimum atomic E-state index is 0.647. The van der Waals surface area contributed by atoms with Gasteiger partial charge in [0.1, 0.15) is 0 Å². The molecule has 1 N–H and O–H groups in total. The van der Waals surface area contributed by atoms with Crippen LogP contribution in [-0.4, -0.2) is 50.8 Å². The molecular formula is C13H28N2O. The van der Waals surface area contributed by atoms with Gasteiger partial charge in [0.25, 0.3) is 0 Å². The summed E-state index contributed by atoms with van der Waals surface area (Å²) >= 11 is 0. The van der Waals surface area contributed by atoms with Crippen LogP contribution in [0.25, 0.3) is 0 Å². The Kier molecular flexibility index (Phi) is 7.81. The number of hydrogen-bond acceptors (Lipinski definition) is 3. The maximum Gasteiger partial charge on any atom is 0.0591 e. The molecule has 0 amide bonds. The summed E-state index contributed by atoms with van der Waals surface area (Å²) in [5.74, 6) is 0.647. The summed E-state index contributed by atoms with van der Waals surface area (Å²) in [4.78, 5) is 2.56. The van der Waals surface area contributed by atoms with Gasteiger partial charge in [-0.1, -0.05) is 20.3 Å². The summed E-state index contributed by atoms with van der Waals surface area (Å²) in [6.07, 6.45) is 4.20. The van der Waals surface area contributed by atoms with Gasteiger partial charge < -0.3 is 15.0 Å². The van der Waals surface area contributed by atoms with Gasteiger partial charge in [-0.25, -0.2) is 0 Å². The third-order valence-electron chi connectivity index (χ3n) is 2.93. The minimum absolute atomic E-state index is 0.647. The van der Waals surface area contributed by atoms with Gasteiger partial charge in [0, 0.05) is 26.2 Å². The topological polar surface area (TPSA) is 24.5 Å². The molecule has 3 heteroatoms. The molecule has 0 saturated carbocycles. The monoisotopic (exact) mass is 228 g/mol. The maximum absolute atomic E-state index is 5.51. The summed E-state index contributed by atoms with van der Waals surface area (Å²) in [5.41, 5.74) is 0. The highest BCUT2D eigenvalue weighted by atomic mass is 16.5. The molecule has 0 atom stereocenters. The summed E-state index contributed by atoms with van der Waals surface area (Å²) in [6, 6.07) is 0.